The summed E-state index contributed by atoms with van der Waals surface area (Å²) in [6, 6.07) is 7.91. The molecule has 0 heterocycles. The molecule has 154 valence electrons. The second-order valence-electron chi connectivity index (χ2n) is 6.20. The van der Waals surface area contributed by atoms with Crippen LogP contribution in [-0.2, 0) is 4.79 Å². The van der Waals surface area contributed by atoms with E-state index < -0.39 is 29.3 Å². The van der Waals surface area contributed by atoms with E-state index in [1.54, 1.807) is 25.1 Å². The number of nitro groups is 1. The van der Waals surface area contributed by atoms with Crippen molar-refractivity contribution in [1.82, 2.24) is 5.32 Å². The summed E-state index contributed by atoms with van der Waals surface area (Å²) in [7, 11) is 1.44. The van der Waals surface area contributed by atoms with Gasteiger partial charge in [0.05, 0.1) is 24.7 Å². The van der Waals surface area contributed by atoms with Crippen LogP contribution in [-0.4, -0.2) is 30.5 Å². The van der Waals surface area contributed by atoms with E-state index in [-0.39, 0.29) is 11.3 Å². The fourth-order valence-corrected chi connectivity index (χ4v) is 2.78. The zero-order valence-electron chi connectivity index (χ0n) is 16.3. The van der Waals surface area contributed by atoms with Gasteiger partial charge in [-0.25, -0.2) is 0 Å². The number of carbonyl (C=O) groups is 2. The lowest BCUT2D eigenvalue weighted by Gasteiger charge is -2.21. The molecule has 0 aliphatic rings. The van der Waals surface area contributed by atoms with Gasteiger partial charge in [-0.1, -0.05) is 12.1 Å². The monoisotopic (exact) mass is 401 g/mol. The van der Waals surface area contributed by atoms with E-state index in [0.717, 1.165) is 6.07 Å². The first-order valence-corrected chi connectivity index (χ1v) is 8.83. The molecule has 1 atom stereocenters. The van der Waals surface area contributed by atoms with Gasteiger partial charge in [-0.05, 0) is 37.6 Å². The number of nitrogens with one attached hydrogen (secondary N) is 1. The van der Waals surface area contributed by atoms with Crippen molar-refractivity contribution >= 4 is 17.6 Å². The maximum atomic E-state index is 12.6. The summed E-state index contributed by atoms with van der Waals surface area (Å²) < 4.78 is 10.7. The summed E-state index contributed by atoms with van der Waals surface area (Å²) in [5.74, 6) is -1.15. The van der Waals surface area contributed by atoms with Crippen molar-refractivity contribution in [3.05, 3.63) is 63.2 Å². The largest absolute Gasteiger partial charge is 0.550 e. The van der Waals surface area contributed by atoms with Crippen molar-refractivity contribution in [3.63, 3.8) is 0 Å². The number of nitro benzene ring substituents is 1. The van der Waals surface area contributed by atoms with E-state index in [2.05, 4.69) is 5.32 Å². The summed E-state index contributed by atoms with van der Waals surface area (Å²) in [4.78, 5) is 34.3. The molecule has 0 aromatic heterocycles. The second-order valence-corrected chi connectivity index (χ2v) is 6.20. The Morgan fingerprint density at radius 3 is 2.48 bits per heavy atom. The highest BCUT2D eigenvalue weighted by Crippen LogP contribution is 2.31. The van der Waals surface area contributed by atoms with Crippen LogP contribution in [0.1, 0.15) is 40.9 Å². The molecule has 0 bridgehead atoms. The Morgan fingerprint density at radius 1 is 1.17 bits per heavy atom. The number of methoxy groups -OCH3 is 1. The number of hydrogen-bond acceptors (Lipinski definition) is 7. The Hall–Kier alpha value is -3.62. The lowest BCUT2D eigenvalue weighted by Crippen LogP contribution is -2.34. The SMILES string of the molecule is CCOc1ccc([C@H](CC(=O)[O-])NC(=O)c2ccc(C)c([N+](=O)[O-])c2)cc1OC. The number of ether oxygens (including phenoxy) is 2. The minimum Gasteiger partial charge on any atom is -0.550 e. The lowest BCUT2D eigenvalue weighted by atomic mass is 10.0. The summed E-state index contributed by atoms with van der Waals surface area (Å²) in [6.45, 7) is 3.79. The van der Waals surface area contributed by atoms with Crippen LogP contribution in [0.4, 0.5) is 5.69 Å². The summed E-state index contributed by atoms with van der Waals surface area (Å²) >= 11 is 0. The highest BCUT2D eigenvalue weighted by molar-refractivity contribution is 5.95. The van der Waals surface area contributed by atoms with Crippen molar-refractivity contribution in [1.29, 1.82) is 0 Å². The number of aliphatic carboxylic acids is 1. The highest BCUT2D eigenvalue weighted by Gasteiger charge is 2.20. The molecule has 29 heavy (non-hydrogen) atoms. The standard InChI is InChI=1S/C20H22N2O7/c1-4-29-17-8-7-13(10-18(17)28-3)15(11-19(23)24)21-20(25)14-6-5-12(2)16(9-14)22(26)27/h5-10,15H,4,11H2,1-3H3,(H,21,25)(H,23,24)/p-1/t15-/m0/s1. The molecule has 9 heteroatoms. The average Bonchev–Trinajstić information content (AvgIpc) is 2.67. The topological polar surface area (TPSA) is 131 Å². The quantitative estimate of drug-likeness (QED) is 0.502. The predicted molar refractivity (Wildman–Crippen MR) is 102 cm³/mol. The molecule has 2 rings (SSSR count). The van der Waals surface area contributed by atoms with E-state index in [0.29, 0.717) is 29.2 Å². The molecule has 2 aromatic rings. The maximum absolute atomic E-state index is 12.6. The molecule has 0 aliphatic carbocycles. The molecule has 9 nitrogen and oxygen atoms in total. The Balaban J connectivity index is 2.34. The molecule has 0 fully saturated rings. The van der Waals surface area contributed by atoms with Gasteiger partial charge in [-0.15, -0.1) is 0 Å². The minimum absolute atomic E-state index is 0.0450. The molecule has 1 amide bonds. The molecule has 2 aromatic carbocycles. The molecule has 0 saturated heterocycles. The molecule has 0 spiro atoms. The van der Waals surface area contributed by atoms with Crippen LogP contribution in [0.5, 0.6) is 11.5 Å². The molecular formula is C20H21N2O7-. The number of carboxylic acid groups (broad SMARTS) is 1. The number of amides is 1. The number of benzene rings is 2. The van der Waals surface area contributed by atoms with Gasteiger partial charge in [0.2, 0.25) is 0 Å². The van der Waals surface area contributed by atoms with Gasteiger partial charge < -0.3 is 24.7 Å². The summed E-state index contributed by atoms with van der Waals surface area (Å²) in [5.41, 5.74) is 0.721. The van der Waals surface area contributed by atoms with Crippen LogP contribution < -0.4 is 19.9 Å². The fraction of sp³-hybridized carbons (Fsp3) is 0.300. The predicted octanol–water partition coefficient (Wildman–Crippen LogP) is 1.92. The van der Waals surface area contributed by atoms with Gasteiger partial charge >= 0.3 is 0 Å². The highest BCUT2D eigenvalue weighted by atomic mass is 16.6. The molecule has 0 unspecified atom stereocenters. The first-order valence-electron chi connectivity index (χ1n) is 8.83. The van der Waals surface area contributed by atoms with Crippen LogP contribution in [0, 0.1) is 17.0 Å². The van der Waals surface area contributed by atoms with Crippen LogP contribution in [0.25, 0.3) is 0 Å². The van der Waals surface area contributed by atoms with Crippen molar-refractivity contribution in [2.24, 2.45) is 0 Å². The van der Waals surface area contributed by atoms with Gasteiger partial charge in [0, 0.05) is 29.6 Å². The Morgan fingerprint density at radius 2 is 1.90 bits per heavy atom. The van der Waals surface area contributed by atoms with E-state index in [4.69, 9.17) is 9.47 Å². The number of hydrogen-bond donors (Lipinski definition) is 1. The van der Waals surface area contributed by atoms with Gasteiger partial charge in [0.15, 0.2) is 11.5 Å². The van der Waals surface area contributed by atoms with Crippen molar-refractivity contribution in [3.8, 4) is 11.5 Å². The van der Waals surface area contributed by atoms with E-state index >= 15 is 0 Å². The van der Waals surface area contributed by atoms with Gasteiger partial charge in [-0.3, -0.25) is 14.9 Å². The lowest BCUT2D eigenvalue weighted by molar-refractivity contribution is -0.385. The van der Waals surface area contributed by atoms with Crippen molar-refractivity contribution in [2.75, 3.05) is 13.7 Å². The molecule has 0 saturated carbocycles. The smallest absolute Gasteiger partial charge is 0.273 e. The third-order valence-electron chi connectivity index (χ3n) is 4.23. The van der Waals surface area contributed by atoms with E-state index in [1.165, 1.54) is 19.2 Å². The third-order valence-corrected chi connectivity index (χ3v) is 4.23. The van der Waals surface area contributed by atoms with Crippen molar-refractivity contribution < 1.29 is 29.1 Å². The van der Waals surface area contributed by atoms with Crippen LogP contribution in [0.2, 0.25) is 0 Å². The normalized spacial score (nSPS) is 11.4. The van der Waals surface area contributed by atoms with Crippen LogP contribution in [0.3, 0.4) is 0 Å². The van der Waals surface area contributed by atoms with Gasteiger partial charge in [0.25, 0.3) is 11.6 Å². The fourth-order valence-electron chi connectivity index (χ4n) is 2.78. The molecule has 0 radical (unpaired) electrons. The maximum Gasteiger partial charge on any atom is 0.273 e. The van der Waals surface area contributed by atoms with Crippen LogP contribution >= 0.6 is 0 Å². The zero-order valence-corrected chi connectivity index (χ0v) is 16.3. The van der Waals surface area contributed by atoms with Crippen molar-refractivity contribution in [2.45, 2.75) is 26.3 Å². The minimum atomic E-state index is -1.36. The number of nitrogens with zero attached hydrogens (tertiary/aromatic N) is 1. The Bertz CT molecular complexity index is 927. The van der Waals surface area contributed by atoms with Crippen LogP contribution in [0.15, 0.2) is 36.4 Å². The molecule has 1 N–H and O–H groups in total. The summed E-state index contributed by atoms with van der Waals surface area (Å²) in [5, 5.41) is 24.9. The number of carbonyl (C=O) groups excluding carboxylic acids is 2. The third kappa shape index (κ3) is 5.44. The number of carboxylic acids is 1. The first kappa shape index (κ1) is 21.7. The zero-order chi connectivity index (χ0) is 21.6. The first-order chi connectivity index (χ1) is 13.8. The number of rotatable bonds is 9. The second kappa shape index (κ2) is 9.54. The summed E-state index contributed by atoms with van der Waals surface area (Å²) in [6.07, 6.45) is -0.489. The molecule has 0 aliphatic heterocycles. The Kier molecular flexibility index (Phi) is 7.13. The average molecular weight is 401 g/mol. The molecular weight excluding hydrogens is 380 g/mol. The van der Waals surface area contributed by atoms with Gasteiger partial charge in [0.1, 0.15) is 0 Å². The van der Waals surface area contributed by atoms with E-state index in [1.807, 2.05) is 6.92 Å². The van der Waals surface area contributed by atoms with Gasteiger partial charge in [-0.2, -0.15) is 0 Å². The Labute approximate surface area is 167 Å². The van der Waals surface area contributed by atoms with E-state index in [9.17, 15) is 24.8 Å². The number of aryl methyl sites for hydroxylation is 1.